The Balaban J connectivity index is 2.08. The van der Waals surface area contributed by atoms with Gasteiger partial charge in [-0.1, -0.05) is 0 Å². The monoisotopic (exact) mass is 455 g/mol. The van der Waals surface area contributed by atoms with E-state index in [9.17, 15) is 0 Å². The lowest BCUT2D eigenvalue weighted by Gasteiger charge is -2.32. The number of allylic oxidation sites excluding steroid dienone is 2. The lowest BCUT2D eigenvalue weighted by molar-refractivity contribution is -0.358. The Hall–Kier alpha value is -1.74. The predicted octanol–water partition coefficient (Wildman–Crippen LogP) is 4.03. The van der Waals surface area contributed by atoms with Gasteiger partial charge in [0, 0.05) is 46.0 Å². The molecule has 4 heterocycles. The number of methoxy groups -OCH3 is 1. The third-order valence-electron chi connectivity index (χ3n) is 4.10. The van der Waals surface area contributed by atoms with Crippen LogP contribution in [0.3, 0.4) is 0 Å². The Morgan fingerprint density at radius 1 is 1.21 bits per heavy atom. The molecule has 0 saturated heterocycles. The van der Waals surface area contributed by atoms with Gasteiger partial charge >= 0.3 is 6.97 Å². The SMILES string of the molecule is COc1cc(C2=C3C=CC(Br)=[N+]3[B-](F)(F)n3c(Br)ccc32)ccn1. The number of rotatable bonds is 2. The fraction of sp³-hybridized carbons (Fsp3) is 0.0667. The first-order valence-electron chi connectivity index (χ1n) is 7.09. The molecule has 2 aliphatic rings. The zero-order chi connectivity index (χ0) is 17.1. The number of pyridine rings is 1. The van der Waals surface area contributed by atoms with Crippen molar-refractivity contribution in [2.45, 2.75) is 0 Å². The summed E-state index contributed by atoms with van der Waals surface area (Å²) in [6, 6.07) is 6.84. The van der Waals surface area contributed by atoms with Crippen molar-refractivity contribution in [3.8, 4) is 5.88 Å². The molecule has 4 rings (SSSR count). The standard InChI is InChI=1S/C15H10BBr2F2N3O/c1-24-14-8-9(6-7-21-14)15-10-2-4-12(17)22(10)16(19,20)23-11(15)3-5-13(23)18/h2-8H,1H3. The first kappa shape index (κ1) is 15.8. The van der Waals surface area contributed by atoms with Gasteiger partial charge < -0.3 is 22.3 Å². The van der Waals surface area contributed by atoms with E-state index >= 15 is 8.63 Å². The molecule has 0 N–H and O–H groups in total. The molecule has 0 bridgehead atoms. The maximum Gasteiger partial charge on any atom is 0.738 e. The van der Waals surface area contributed by atoms with Gasteiger partial charge in [0.15, 0.2) is 5.70 Å². The highest BCUT2D eigenvalue weighted by molar-refractivity contribution is 9.18. The molecule has 0 spiro atoms. The molecule has 0 saturated carbocycles. The molecule has 24 heavy (non-hydrogen) atoms. The summed E-state index contributed by atoms with van der Waals surface area (Å²) < 4.78 is 38.1. The quantitative estimate of drug-likeness (QED) is 0.639. The average molecular weight is 457 g/mol. The maximum atomic E-state index is 15.1. The van der Waals surface area contributed by atoms with E-state index in [1.54, 1.807) is 42.6 Å². The molecule has 0 radical (unpaired) electrons. The van der Waals surface area contributed by atoms with Crippen LogP contribution in [-0.2, 0) is 0 Å². The Kier molecular flexibility index (Phi) is 3.54. The normalized spacial score (nSPS) is 18.0. The second kappa shape index (κ2) is 5.39. The van der Waals surface area contributed by atoms with Crippen molar-refractivity contribution >= 4 is 49.0 Å². The summed E-state index contributed by atoms with van der Waals surface area (Å²) in [4.78, 5) is 4.09. The average Bonchev–Trinajstić information content (AvgIpc) is 3.13. The highest BCUT2D eigenvalue weighted by Crippen LogP contribution is 2.42. The molecule has 2 aliphatic heterocycles. The minimum Gasteiger partial charge on any atom is -0.481 e. The number of hydrogen-bond acceptors (Lipinski definition) is 2. The molecule has 122 valence electrons. The van der Waals surface area contributed by atoms with Crippen molar-refractivity contribution in [3.05, 3.63) is 64.2 Å². The molecule has 0 atom stereocenters. The van der Waals surface area contributed by atoms with E-state index in [0.717, 1.165) is 14.5 Å². The number of aromatic nitrogens is 2. The predicted molar refractivity (Wildman–Crippen MR) is 95.6 cm³/mol. The van der Waals surface area contributed by atoms with Crippen LogP contribution >= 0.6 is 31.9 Å². The van der Waals surface area contributed by atoms with E-state index < -0.39 is 6.97 Å². The van der Waals surface area contributed by atoms with E-state index in [4.69, 9.17) is 4.74 Å². The lowest BCUT2D eigenvalue weighted by atomic mass is 9.87. The van der Waals surface area contributed by atoms with Crippen molar-refractivity contribution in [2.75, 3.05) is 7.11 Å². The molecule has 9 heteroatoms. The van der Waals surface area contributed by atoms with Crippen LogP contribution in [0.2, 0.25) is 0 Å². The summed E-state index contributed by atoms with van der Waals surface area (Å²) in [6.45, 7) is -4.01. The van der Waals surface area contributed by atoms with E-state index in [1.807, 2.05) is 0 Å². The lowest BCUT2D eigenvalue weighted by Crippen LogP contribution is -2.50. The Morgan fingerprint density at radius 2 is 2.00 bits per heavy atom. The molecule has 2 aromatic heterocycles. The second-order valence-electron chi connectivity index (χ2n) is 5.37. The van der Waals surface area contributed by atoms with Crippen LogP contribution in [0.4, 0.5) is 8.63 Å². The van der Waals surface area contributed by atoms with E-state index in [2.05, 4.69) is 36.8 Å². The third kappa shape index (κ3) is 2.07. The molecule has 4 nitrogen and oxygen atoms in total. The number of halogens is 4. The minimum absolute atomic E-state index is 0.326. The number of ether oxygens (including phenoxy) is 1. The Labute approximate surface area is 153 Å². The van der Waals surface area contributed by atoms with Crippen LogP contribution < -0.4 is 4.74 Å². The first-order valence-corrected chi connectivity index (χ1v) is 8.68. The van der Waals surface area contributed by atoms with Crippen LogP contribution in [0.1, 0.15) is 11.3 Å². The van der Waals surface area contributed by atoms with Crippen molar-refractivity contribution in [3.63, 3.8) is 0 Å². The summed E-state index contributed by atoms with van der Waals surface area (Å²) in [6.07, 6.45) is 4.92. The fourth-order valence-corrected chi connectivity index (χ4v) is 4.24. The van der Waals surface area contributed by atoms with Gasteiger partial charge in [-0.25, -0.2) is 4.98 Å². The van der Waals surface area contributed by atoms with Crippen molar-refractivity contribution in [1.82, 2.24) is 9.46 Å². The van der Waals surface area contributed by atoms with Gasteiger partial charge in [0.2, 0.25) is 10.5 Å². The van der Waals surface area contributed by atoms with Crippen molar-refractivity contribution < 1.29 is 17.9 Å². The molecular weight excluding hydrogens is 447 g/mol. The fourth-order valence-electron chi connectivity index (χ4n) is 3.10. The minimum atomic E-state index is -4.01. The van der Waals surface area contributed by atoms with Crippen LogP contribution in [0, 0.1) is 0 Å². The van der Waals surface area contributed by atoms with Crippen molar-refractivity contribution in [1.29, 1.82) is 0 Å². The topological polar surface area (TPSA) is 30.1 Å². The van der Waals surface area contributed by atoms with Gasteiger partial charge in [-0.05, 0) is 39.7 Å². The van der Waals surface area contributed by atoms with Gasteiger partial charge in [-0.2, -0.15) is 0 Å². The zero-order valence-corrected chi connectivity index (χ0v) is 15.6. The van der Waals surface area contributed by atoms with E-state index in [0.29, 0.717) is 32.1 Å². The molecule has 2 aromatic rings. The van der Waals surface area contributed by atoms with E-state index in [-0.39, 0.29) is 0 Å². The number of nitrogens with zero attached hydrogens (tertiary/aromatic N) is 3. The third-order valence-corrected chi connectivity index (χ3v) is 5.40. The molecule has 0 aliphatic carbocycles. The summed E-state index contributed by atoms with van der Waals surface area (Å²) in [5.41, 5.74) is 2.34. The maximum absolute atomic E-state index is 15.1. The molecule has 0 unspecified atom stereocenters. The van der Waals surface area contributed by atoms with Gasteiger partial charge in [0.05, 0.1) is 17.3 Å². The highest BCUT2D eigenvalue weighted by Gasteiger charge is 2.54. The highest BCUT2D eigenvalue weighted by atomic mass is 79.9. The zero-order valence-electron chi connectivity index (χ0n) is 12.4. The first-order chi connectivity index (χ1) is 11.4. The summed E-state index contributed by atoms with van der Waals surface area (Å²) in [5, 5.41) is 0. The van der Waals surface area contributed by atoms with Crippen LogP contribution in [0.5, 0.6) is 5.88 Å². The summed E-state index contributed by atoms with van der Waals surface area (Å²) in [5.74, 6) is 0.428. The Bertz CT molecular complexity index is 965. The van der Waals surface area contributed by atoms with Gasteiger partial charge in [-0.3, -0.25) is 0 Å². The van der Waals surface area contributed by atoms with Crippen LogP contribution in [0.25, 0.3) is 5.57 Å². The Morgan fingerprint density at radius 3 is 2.75 bits per heavy atom. The smallest absolute Gasteiger partial charge is 0.481 e. The van der Waals surface area contributed by atoms with Crippen LogP contribution in [0.15, 0.2) is 52.9 Å². The molecule has 0 aromatic carbocycles. The molecule has 0 fully saturated rings. The van der Waals surface area contributed by atoms with Crippen molar-refractivity contribution in [2.24, 2.45) is 0 Å². The number of fused-ring (bicyclic) bond motifs is 2. The van der Waals surface area contributed by atoms with E-state index in [1.165, 1.54) is 7.11 Å². The largest absolute Gasteiger partial charge is 0.738 e. The van der Waals surface area contributed by atoms with Gasteiger partial charge in [-0.15, -0.1) is 0 Å². The number of hydrogen-bond donors (Lipinski definition) is 0. The summed E-state index contributed by atoms with van der Waals surface area (Å²) >= 11 is 6.48. The molecular formula is C15H10BBr2F2N3O. The molecule has 0 amide bonds. The second-order valence-corrected chi connectivity index (χ2v) is 7.00. The van der Waals surface area contributed by atoms with Crippen LogP contribution in [-0.4, -0.2) is 32.6 Å². The van der Waals surface area contributed by atoms with Gasteiger partial charge in [0.25, 0.3) is 0 Å². The summed E-state index contributed by atoms with van der Waals surface area (Å²) in [7, 11) is 1.52. The van der Waals surface area contributed by atoms with Gasteiger partial charge in [0.1, 0.15) is 0 Å².